The predicted octanol–water partition coefficient (Wildman–Crippen LogP) is 3.40. The molecule has 0 bridgehead atoms. The first-order valence-electron chi connectivity index (χ1n) is 5.63. The van der Waals surface area contributed by atoms with Gasteiger partial charge in [0.25, 0.3) is 0 Å². The van der Waals surface area contributed by atoms with Crippen molar-refractivity contribution in [1.82, 2.24) is 0 Å². The molecule has 0 amide bonds. The van der Waals surface area contributed by atoms with Crippen molar-refractivity contribution in [3.05, 3.63) is 11.6 Å². The summed E-state index contributed by atoms with van der Waals surface area (Å²) in [5, 5.41) is -5.68. The second kappa shape index (κ2) is 6.39. The van der Waals surface area contributed by atoms with E-state index in [4.69, 9.17) is 0 Å². The third kappa shape index (κ3) is 3.88. The Morgan fingerprint density at radius 2 is 1.27 bits per heavy atom. The first kappa shape index (κ1) is 20.6. The quantitative estimate of drug-likeness (QED) is 0.305. The minimum Gasteiger partial charge on any atom is -0.299 e. The van der Waals surface area contributed by atoms with Crippen molar-refractivity contribution in [1.29, 1.82) is 0 Å². The van der Waals surface area contributed by atoms with Crippen molar-refractivity contribution in [2.24, 2.45) is 5.92 Å². The van der Waals surface area contributed by atoms with E-state index in [9.17, 15) is 40.7 Å². The van der Waals surface area contributed by atoms with Crippen LogP contribution in [0.25, 0.3) is 0 Å². The van der Waals surface area contributed by atoms with E-state index in [1.807, 2.05) is 0 Å². The maximum absolute atomic E-state index is 13.9. The molecule has 0 saturated carbocycles. The lowest BCUT2D eigenvalue weighted by molar-refractivity contribution is -0.265. The Balaban J connectivity index is 6.41. The predicted molar refractivity (Wildman–Crippen MR) is 64.3 cm³/mol. The normalized spacial score (nSPS) is 14.2. The Kier molecular flexibility index (Phi) is 5.99. The minimum atomic E-state index is -6.13. The number of hydrogen-bond acceptors (Lipinski definition) is 3. The van der Waals surface area contributed by atoms with Crippen LogP contribution in [-0.4, -0.2) is 34.6 Å². The minimum absolute atomic E-state index is 0.135. The molecule has 0 aromatic carbocycles. The highest BCUT2D eigenvalue weighted by Gasteiger charge is 2.73. The van der Waals surface area contributed by atoms with Crippen LogP contribution in [0.1, 0.15) is 20.8 Å². The van der Waals surface area contributed by atoms with Gasteiger partial charge in [-0.3, -0.25) is 14.4 Å². The number of hydrogen-bond donors (Lipinski definition) is 0. The summed E-state index contributed by atoms with van der Waals surface area (Å²) in [5.41, 5.74) is -2.02. The fraction of sp³-hybridized carbons (Fsp3) is 0.583. The van der Waals surface area contributed by atoms with E-state index in [0.717, 1.165) is 0 Å². The van der Waals surface area contributed by atoms with E-state index in [1.165, 1.54) is 0 Å². The molecule has 0 aromatic rings. The second-order valence-corrected chi connectivity index (χ2v) is 4.99. The number of allylic oxidation sites excluding steroid dienone is 2. The van der Waals surface area contributed by atoms with Gasteiger partial charge in [-0.1, -0.05) is 0 Å². The smallest absolute Gasteiger partial charge is 0.299 e. The molecule has 0 radical (unpaired) electrons. The molecule has 0 atom stereocenters. The Hall–Kier alpha value is -1.38. The van der Waals surface area contributed by atoms with Crippen LogP contribution in [0.3, 0.4) is 0 Å². The number of rotatable bonds is 7. The largest absolute Gasteiger partial charge is 0.390 e. The molecule has 3 nitrogen and oxygen atoms in total. The number of carbonyl (C=O) groups is 3. The van der Waals surface area contributed by atoms with Crippen LogP contribution in [-0.2, 0) is 14.4 Å². The Morgan fingerprint density at radius 1 is 0.909 bits per heavy atom. The summed E-state index contributed by atoms with van der Waals surface area (Å²) < 4.78 is 79.5. The molecule has 0 rings (SSSR count). The van der Waals surface area contributed by atoms with E-state index in [2.05, 4.69) is 11.6 Å². The molecule has 0 saturated heterocycles. The maximum atomic E-state index is 13.9. The van der Waals surface area contributed by atoms with Crippen molar-refractivity contribution < 1.29 is 40.7 Å². The summed E-state index contributed by atoms with van der Waals surface area (Å²) in [6.07, 6.45) is -0.135. The number of carbonyl (C=O) groups excluding carboxylic acids is 3. The average molecular weight is 353 g/mol. The first-order valence-corrected chi connectivity index (χ1v) is 6.01. The van der Waals surface area contributed by atoms with Gasteiger partial charge >= 0.3 is 17.2 Å². The van der Waals surface area contributed by atoms with Gasteiger partial charge in [0, 0.05) is 5.57 Å². The number of alkyl halides is 7. The molecular formula is C12H11ClF6O3. The van der Waals surface area contributed by atoms with Gasteiger partial charge in [-0.15, -0.1) is 0 Å². The molecule has 0 N–H and O–H groups in total. The van der Waals surface area contributed by atoms with Crippen molar-refractivity contribution >= 4 is 29.0 Å². The lowest BCUT2D eigenvalue weighted by Crippen LogP contribution is -2.54. The summed E-state index contributed by atoms with van der Waals surface area (Å²) >= 11 is 4.01. The Morgan fingerprint density at radius 3 is 1.50 bits per heavy atom. The molecule has 0 aliphatic carbocycles. The number of Topliss-reactive ketones (excluding diaryl/α,β-unsaturated/α-hetero) is 2. The number of ketones is 3. The van der Waals surface area contributed by atoms with E-state index in [1.54, 1.807) is 0 Å². The van der Waals surface area contributed by atoms with Crippen LogP contribution in [0.15, 0.2) is 11.6 Å². The summed E-state index contributed by atoms with van der Waals surface area (Å²) in [4.78, 5) is 33.4. The molecule has 126 valence electrons. The van der Waals surface area contributed by atoms with Gasteiger partial charge in [0.2, 0.25) is 0 Å². The highest BCUT2D eigenvalue weighted by atomic mass is 35.5. The van der Waals surface area contributed by atoms with Gasteiger partial charge in [-0.2, -0.15) is 26.3 Å². The molecular weight excluding hydrogens is 342 g/mol. The molecule has 0 spiro atoms. The van der Waals surface area contributed by atoms with Crippen LogP contribution in [0.2, 0.25) is 0 Å². The molecule has 0 aromatic heterocycles. The van der Waals surface area contributed by atoms with E-state index < -0.39 is 46.1 Å². The first-order chi connectivity index (χ1) is 9.57. The Bertz CT molecular complexity index is 507. The topological polar surface area (TPSA) is 51.2 Å². The SMILES string of the molecule is CC(=O)/C=C(\C(C(C)=O)C(C)=O)C(F)(F)C(F)(F)C(F)(F)Cl. The molecule has 0 heterocycles. The van der Waals surface area contributed by atoms with E-state index in [0.29, 0.717) is 20.8 Å². The average Bonchev–Trinajstić information content (AvgIpc) is 2.24. The highest BCUT2D eigenvalue weighted by Crippen LogP contribution is 2.52. The molecule has 10 heteroatoms. The lowest BCUT2D eigenvalue weighted by atomic mass is 9.84. The van der Waals surface area contributed by atoms with Crippen molar-refractivity contribution in [2.45, 2.75) is 38.0 Å². The summed E-state index contributed by atoms with van der Waals surface area (Å²) in [7, 11) is 0. The fourth-order valence-electron chi connectivity index (χ4n) is 1.66. The van der Waals surface area contributed by atoms with Gasteiger partial charge in [0.05, 0.1) is 0 Å². The Labute approximate surface area is 126 Å². The van der Waals surface area contributed by atoms with Crippen LogP contribution in [0, 0.1) is 5.92 Å². The third-order valence-corrected chi connectivity index (χ3v) is 2.83. The zero-order chi connectivity index (χ0) is 18.1. The lowest BCUT2D eigenvalue weighted by Gasteiger charge is -2.32. The number of halogens is 7. The summed E-state index contributed by atoms with van der Waals surface area (Å²) in [5.74, 6) is -18.2. The van der Waals surface area contributed by atoms with E-state index >= 15 is 0 Å². The molecule has 22 heavy (non-hydrogen) atoms. The molecule has 0 aliphatic heterocycles. The van der Waals surface area contributed by atoms with Gasteiger partial charge in [0.15, 0.2) is 5.78 Å². The van der Waals surface area contributed by atoms with E-state index in [-0.39, 0.29) is 6.08 Å². The van der Waals surface area contributed by atoms with Crippen LogP contribution < -0.4 is 0 Å². The standard InChI is InChI=1S/C12H11ClF6O3/c1-5(20)4-8(9(6(2)21)7(3)22)10(14,15)11(16,17)12(13,18)19/h4,9H,1-3H3/b8-4+. The monoisotopic (exact) mass is 352 g/mol. The van der Waals surface area contributed by atoms with Gasteiger partial charge in [-0.05, 0) is 38.4 Å². The van der Waals surface area contributed by atoms with Crippen LogP contribution in [0.4, 0.5) is 26.3 Å². The third-order valence-electron chi connectivity index (χ3n) is 2.60. The van der Waals surface area contributed by atoms with Crippen molar-refractivity contribution in [2.75, 3.05) is 0 Å². The maximum Gasteiger partial charge on any atom is 0.390 e. The highest BCUT2D eigenvalue weighted by molar-refractivity contribution is 6.22. The summed E-state index contributed by atoms with van der Waals surface area (Å²) in [6, 6.07) is 0. The molecule has 0 aliphatic rings. The van der Waals surface area contributed by atoms with Crippen molar-refractivity contribution in [3.8, 4) is 0 Å². The zero-order valence-electron chi connectivity index (χ0n) is 11.5. The molecule has 0 fully saturated rings. The van der Waals surface area contributed by atoms with Crippen LogP contribution >= 0.6 is 11.6 Å². The van der Waals surface area contributed by atoms with Gasteiger partial charge < -0.3 is 0 Å². The van der Waals surface area contributed by atoms with Gasteiger partial charge in [-0.25, -0.2) is 0 Å². The zero-order valence-corrected chi connectivity index (χ0v) is 12.3. The van der Waals surface area contributed by atoms with Crippen molar-refractivity contribution in [3.63, 3.8) is 0 Å². The van der Waals surface area contributed by atoms with Gasteiger partial charge in [0.1, 0.15) is 17.5 Å². The fourth-order valence-corrected chi connectivity index (χ4v) is 1.78. The second-order valence-electron chi connectivity index (χ2n) is 4.51. The summed E-state index contributed by atoms with van der Waals surface area (Å²) in [6.45, 7) is 1.89. The molecule has 0 unspecified atom stereocenters. The van der Waals surface area contributed by atoms with Crippen LogP contribution in [0.5, 0.6) is 0 Å².